The zero-order valence-electron chi connectivity index (χ0n) is 23.4. The summed E-state index contributed by atoms with van der Waals surface area (Å²) in [7, 11) is -1.27. The van der Waals surface area contributed by atoms with Gasteiger partial charge >= 0.3 is 0 Å². The quantitative estimate of drug-likeness (QED) is 0.342. The predicted octanol–water partition coefficient (Wildman–Crippen LogP) is 10.4. The van der Waals surface area contributed by atoms with Crippen LogP contribution in [0, 0.1) is 59.2 Å². The standard InChI is InChI=1S/C33H58Si/c1-22(24-11-6-5-7-12-24)17-27-21-33(31-20-26-14-10-13-25(26)19-30(27)31)34(3,4)32-18-23(2)28-15-8-9-16-29(28)32/h22-33H,5-21H2,1-4H3. The van der Waals surface area contributed by atoms with Crippen LogP contribution in [0.5, 0.6) is 0 Å². The van der Waals surface area contributed by atoms with Crippen LogP contribution in [0.15, 0.2) is 0 Å². The summed E-state index contributed by atoms with van der Waals surface area (Å²) in [6.45, 7) is 11.2. The number of hydrogen-bond acceptors (Lipinski definition) is 0. The summed E-state index contributed by atoms with van der Waals surface area (Å²) in [4.78, 5) is 0. The highest BCUT2D eigenvalue weighted by molar-refractivity contribution is 6.80. The van der Waals surface area contributed by atoms with E-state index in [-0.39, 0.29) is 0 Å². The third kappa shape index (κ3) is 4.32. The average molecular weight is 483 g/mol. The largest absolute Gasteiger partial charge is 0.0689 e. The summed E-state index contributed by atoms with van der Waals surface area (Å²) in [5.74, 6) is 11.0. The first-order chi connectivity index (χ1) is 16.4. The van der Waals surface area contributed by atoms with Gasteiger partial charge in [0.1, 0.15) is 0 Å². The molecule has 0 heterocycles. The van der Waals surface area contributed by atoms with Crippen molar-refractivity contribution in [1.29, 1.82) is 0 Å². The summed E-state index contributed by atoms with van der Waals surface area (Å²) in [6.07, 6.45) is 26.9. The first kappa shape index (κ1) is 24.5. The minimum absolute atomic E-state index is 1.00. The van der Waals surface area contributed by atoms with Crippen molar-refractivity contribution in [1.82, 2.24) is 0 Å². The fourth-order valence-corrected chi connectivity index (χ4v) is 17.7. The summed E-state index contributed by atoms with van der Waals surface area (Å²) >= 11 is 0. The molecule has 1 heteroatoms. The van der Waals surface area contributed by atoms with E-state index in [9.17, 15) is 0 Å². The molecule has 0 spiro atoms. The molecule has 34 heavy (non-hydrogen) atoms. The predicted molar refractivity (Wildman–Crippen MR) is 150 cm³/mol. The Bertz CT molecular complexity index is 691. The van der Waals surface area contributed by atoms with Crippen LogP contribution < -0.4 is 0 Å². The molecule has 0 N–H and O–H groups in total. The Morgan fingerprint density at radius 3 is 1.97 bits per heavy atom. The molecule has 194 valence electrons. The van der Waals surface area contributed by atoms with Gasteiger partial charge < -0.3 is 0 Å². The molecule has 0 aromatic rings. The molecule has 6 aliphatic carbocycles. The maximum absolute atomic E-state index is 2.94. The van der Waals surface area contributed by atoms with E-state index in [0.717, 1.165) is 64.7 Å². The van der Waals surface area contributed by atoms with Crippen LogP contribution in [0.4, 0.5) is 0 Å². The summed E-state index contributed by atoms with van der Waals surface area (Å²) in [6, 6.07) is 0. The zero-order valence-corrected chi connectivity index (χ0v) is 24.4. The maximum atomic E-state index is 2.94. The van der Waals surface area contributed by atoms with Crippen LogP contribution in [0.25, 0.3) is 0 Å². The molecule has 11 atom stereocenters. The van der Waals surface area contributed by atoms with Gasteiger partial charge in [-0.15, -0.1) is 0 Å². The molecule has 0 amide bonds. The smallest absolute Gasteiger partial charge is 0.0541 e. The Labute approximate surface area is 214 Å². The lowest BCUT2D eigenvalue weighted by atomic mass is 9.67. The minimum Gasteiger partial charge on any atom is -0.0689 e. The molecule has 6 aliphatic rings. The zero-order chi connectivity index (χ0) is 23.4. The van der Waals surface area contributed by atoms with Crippen LogP contribution in [0.1, 0.15) is 123 Å². The molecule has 6 saturated carbocycles. The molecule has 6 rings (SSSR count). The maximum Gasteiger partial charge on any atom is 0.0541 e. The summed E-state index contributed by atoms with van der Waals surface area (Å²) in [5, 5.41) is 0. The van der Waals surface area contributed by atoms with Gasteiger partial charge in [0.05, 0.1) is 8.07 Å². The second-order valence-corrected chi connectivity index (χ2v) is 20.8. The topological polar surface area (TPSA) is 0 Å². The van der Waals surface area contributed by atoms with Gasteiger partial charge in [-0.1, -0.05) is 97.6 Å². The van der Waals surface area contributed by atoms with Gasteiger partial charge in [0.2, 0.25) is 0 Å². The number of fused-ring (bicyclic) bond motifs is 3. The fourth-order valence-electron chi connectivity index (χ4n) is 12.2. The average Bonchev–Trinajstić information content (AvgIpc) is 3.55. The first-order valence-corrected chi connectivity index (χ1v) is 19.6. The Hall–Kier alpha value is 0.217. The van der Waals surface area contributed by atoms with Crippen LogP contribution in [-0.4, -0.2) is 8.07 Å². The Morgan fingerprint density at radius 1 is 0.618 bits per heavy atom. The third-order valence-electron chi connectivity index (χ3n) is 14.0. The van der Waals surface area contributed by atoms with Crippen LogP contribution in [0.2, 0.25) is 24.2 Å². The van der Waals surface area contributed by atoms with Gasteiger partial charge in [-0.05, 0) is 109 Å². The molecular weight excluding hydrogens is 424 g/mol. The minimum atomic E-state index is -1.27. The van der Waals surface area contributed by atoms with Gasteiger partial charge in [-0.25, -0.2) is 0 Å². The van der Waals surface area contributed by atoms with Crippen molar-refractivity contribution in [2.24, 2.45) is 59.2 Å². The molecule has 0 radical (unpaired) electrons. The molecule has 0 aromatic carbocycles. The lowest BCUT2D eigenvalue weighted by Crippen LogP contribution is -2.44. The van der Waals surface area contributed by atoms with E-state index in [1.165, 1.54) is 24.8 Å². The van der Waals surface area contributed by atoms with E-state index in [0.29, 0.717) is 0 Å². The second kappa shape index (κ2) is 9.83. The number of hydrogen-bond donors (Lipinski definition) is 0. The van der Waals surface area contributed by atoms with E-state index in [2.05, 4.69) is 26.9 Å². The molecule has 6 fully saturated rings. The second-order valence-electron chi connectivity index (χ2n) is 15.7. The van der Waals surface area contributed by atoms with Crippen LogP contribution >= 0.6 is 0 Å². The van der Waals surface area contributed by atoms with Gasteiger partial charge in [-0.2, -0.15) is 0 Å². The van der Waals surface area contributed by atoms with Gasteiger partial charge in [-0.3, -0.25) is 0 Å². The molecular formula is C33H58Si. The molecule has 0 aliphatic heterocycles. The lowest BCUT2D eigenvalue weighted by molar-refractivity contribution is 0.111. The van der Waals surface area contributed by atoms with Crippen molar-refractivity contribution >= 4 is 8.07 Å². The Balaban J connectivity index is 1.23. The normalized spacial score (nSPS) is 48.4. The van der Waals surface area contributed by atoms with Crippen LogP contribution in [0.3, 0.4) is 0 Å². The van der Waals surface area contributed by atoms with E-state index >= 15 is 0 Å². The van der Waals surface area contributed by atoms with Crippen molar-refractivity contribution in [3.8, 4) is 0 Å². The Morgan fingerprint density at radius 2 is 1.24 bits per heavy atom. The van der Waals surface area contributed by atoms with Crippen molar-refractivity contribution in [3.63, 3.8) is 0 Å². The van der Waals surface area contributed by atoms with E-state index in [1.54, 1.807) is 89.9 Å². The highest BCUT2D eigenvalue weighted by atomic mass is 28.3. The lowest BCUT2D eigenvalue weighted by Gasteiger charge is -2.46. The van der Waals surface area contributed by atoms with E-state index in [4.69, 9.17) is 0 Å². The van der Waals surface area contributed by atoms with Crippen LogP contribution in [-0.2, 0) is 0 Å². The van der Waals surface area contributed by atoms with Gasteiger partial charge in [0.25, 0.3) is 0 Å². The molecule has 0 saturated heterocycles. The highest BCUT2D eigenvalue weighted by Gasteiger charge is 2.58. The number of rotatable bonds is 5. The van der Waals surface area contributed by atoms with Crippen molar-refractivity contribution in [3.05, 3.63) is 0 Å². The van der Waals surface area contributed by atoms with E-state index in [1.807, 2.05) is 0 Å². The summed E-state index contributed by atoms with van der Waals surface area (Å²) < 4.78 is 0. The molecule has 0 nitrogen and oxygen atoms in total. The first-order valence-electron chi connectivity index (χ1n) is 16.4. The SMILES string of the molecule is CC(CC1CC([Si](C)(C)C2CC(C)C3CCCCC32)C2CC3CCCC3CC12)C1CCCCC1. The van der Waals surface area contributed by atoms with E-state index < -0.39 is 8.07 Å². The highest BCUT2D eigenvalue weighted by Crippen LogP contribution is 2.66. The van der Waals surface area contributed by atoms with Gasteiger partial charge in [0, 0.05) is 0 Å². The van der Waals surface area contributed by atoms with Crippen molar-refractivity contribution in [2.75, 3.05) is 0 Å². The van der Waals surface area contributed by atoms with Crippen molar-refractivity contribution < 1.29 is 0 Å². The molecule has 0 aromatic heterocycles. The molecule has 11 unspecified atom stereocenters. The third-order valence-corrected chi connectivity index (χ3v) is 19.1. The summed E-state index contributed by atoms with van der Waals surface area (Å²) in [5.41, 5.74) is 2.33. The fraction of sp³-hybridized carbons (Fsp3) is 1.00. The van der Waals surface area contributed by atoms with Gasteiger partial charge in [0.15, 0.2) is 0 Å². The monoisotopic (exact) mass is 482 g/mol. The van der Waals surface area contributed by atoms with Crippen molar-refractivity contribution in [2.45, 2.75) is 147 Å². The Kier molecular flexibility index (Phi) is 7.10. The molecule has 0 bridgehead atoms.